The van der Waals surface area contributed by atoms with E-state index in [1.807, 2.05) is 25.4 Å². The largest absolute Gasteiger partial charge is 0.493 e. The number of nitrogens with zero attached hydrogens (tertiary/aromatic N) is 3. The first-order chi connectivity index (χ1) is 11.8. The monoisotopic (exact) mass is 326 g/mol. The summed E-state index contributed by atoms with van der Waals surface area (Å²) in [5, 5.41) is 15.4. The third kappa shape index (κ3) is 2.72. The van der Waals surface area contributed by atoms with Gasteiger partial charge < -0.3 is 20.2 Å². The Hall–Kier alpha value is -1.85. The van der Waals surface area contributed by atoms with E-state index in [0.717, 1.165) is 31.4 Å². The van der Waals surface area contributed by atoms with Crippen LogP contribution in [0.25, 0.3) is 10.8 Å². The SMILES string of the molecule is CNCCN1CCC(N2CCc3cnc(O)c4cccc2c34)CC1. The molecule has 2 aromatic rings. The lowest BCUT2D eigenvalue weighted by molar-refractivity contribution is 0.210. The summed E-state index contributed by atoms with van der Waals surface area (Å²) in [6.07, 6.45) is 5.29. The summed E-state index contributed by atoms with van der Waals surface area (Å²) in [6.45, 7) is 5.61. The molecule has 0 spiro atoms. The molecule has 2 N–H and O–H groups in total. The van der Waals surface area contributed by atoms with Crippen LogP contribution in [0.1, 0.15) is 18.4 Å². The third-order valence-electron chi connectivity index (χ3n) is 5.55. The van der Waals surface area contributed by atoms with Gasteiger partial charge in [-0.25, -0.2) is 4.98 Å². The number of benzene rings is 1. The van der Waals surface area contributed by atoms with E-state index in [1.165, 1.54) is 42.6 Å². The zero-order valence-corrected chi connectivity index (χ0v) is 14.3. The average Bonchev–Trinajstić information content (AvgIpc) is 2.63. The summed E-state index contributed by atoms with van der Waals surface area (Å²) < 4.78 is 0. The number of piperidine rings is 1. The number of hydrogen-bond donors (Lipinski definition) is 2. The van der Waals surface area contributed by atoms with Crippen molar-refractivity contribution in [3.63, 3.8) is 0 Å². The Bertz CT molecular complexity index is 725. The Kier molecular flexibility index (Phi) is 4.29. The lowest BCUT2D eigenvalue weighted by atomic mass is 9.94. The fourth-order valence-corrected chi connectivity index (χ4v) is 4.23. The summed E-state index contributed by atoms with van der Waals surface area (Å²) >= 11 is 0. The quantitative estimate of drug-likeness (QED) is 0.900. The lowest BCUT2D eigenvalue weighted by Crippen LogP contribution is -2.47. The fraction of sp³-hybridized carbons (Fsp3) is 0.526. The highest BCUT2D eigenvalue weighted by molar-refractivity contribution is 6.00. The molecule has 2 aliphatic rings. The van der Waals surface area contributed by atoms with Gasteiger partial charge in [0.2, 0.25) is 5.88 Å². The number of pyridine rings is 1. The van der Waals surface area contributed by atoms with Gasteiger partial charge in [0.05, 0.1) is 0 Å². The molecule has 0 aliphatic carbocycles. The maximum atomic E-state index is 10.1. The first-order valence-corrected chi connectivity index (χ1v) is 9.01. The van der Waals surface area contributed by atoms with Gasteiger partial charge in [0, 0.05) is 61.4 Å². The first-order valence-electron chi connectivity index (χ1n) is 9.01. The highest BCUT2D eigenvalue weighted by atomic mass is 16.3. The maximum Gasteiger partial charge on any atom is 0.218 e. The number of likely N-dealkylation sites (tertiary alicyclic amines) is 1. The maximum absolute atomic E-state index is 10.1. The van der Waals surface area contributed by atoms with Crippen molar-refractivity contribution in [3.05, 3.63) is 30.0 Å². The molecule has 1 aromatic heterocycles. The van der Waals surface area contributed by atoms with Crippen molar-refractivity contribution >= 4 is 16.5 Å². The van der Waals surface area contributed by atoms with Gasteiger partial charge in [0.25, 0.3) is 0 Å². The third-order valence-corrected chi connectivity index (χ3v) is 5.55. The molecule has 24 heavy (non-hydrogen) atoms. The summed E-state index contributed by atoms with van der Waals surface area (Å²) in [6, 6.07) is 6.83. The number of likely N-dealkylation sites (N-methyl/N-ethyl adjacent to an activating group) is 1. The van der Waals surface area contributed by atoms with Crippen molar-refractivity contribution in [1.82, 2.24) is 15.2 Å². The minimum absolute atomic E-state index is 0.152. The smallest absolute Gasteiger partial charge is 0.218 e. The predicted molar refractivity (Wildman–Crippen MR) is 97.8 cm³/mol. The Morgan fingerprint density at radius 3 is 2.88 bits per heavy atom. The molecule has 1 saturated heterocycles. The van der Waals surface area contributed by atoms with Crippen LogP contribution in [0.3, 0.4) is 0 Å². The van der Waals surface area contributed by atoms with Crippen LogP contribution >= 0.6 is 0 Å². The molecule has 5 nitrogen and oxygen atoms in total. The number of rotatable bonds is 4. The molecule has 1 fully saturated rings. The van der Waals surface area contributed by atoms with Crippen LogP contribution in [0.15, 0.2) is 24.4 Å². The van der Waals surface area contributed by atoms with E-state index in [0.29, 0.717) is 6.04 Å². The molecule has 0 atom stereocenters. The first kappa shape index (κ1) is 15.7. The van der Waals surface area contributed by atoms with Crippen molar-refractivity contribution in [2.75, 3.05) is 44.7 Å². The minimum Gasteiger partial charge on any atom is -0.493 e. The van der Waals surface area contributed by atoms with Crippen molar-refractivity contribution in [1.29, 1.82) is 0 Å². The molecule has 2 aliphatic heterocycles. The highest BCUT2D eigenvalue weighted by Gasteiger charge is 2.28. The van der Waals surface area contributed by atoms with Gasteiger partial charge in [-0.2, -0.15) is 0 Å². The van der Waals surface area contributed by atoms with E-state index < -0.39 is 0 Å². The highest BCUT2D eigenvalue weighted by Crippen LogP contribution is 2.38. The Morgan fingerprint density at radius 1 is 1.25 bits per heavy atom. The summed E-state index contributed by atoms with van der Waals surface area (Å²) in [7, 11) is 2.02. The molecule has 0 saturated carbocycles. The summed E-state index contributed by atoms with van der Waals surface area (Å²) in [4.78, 5) is 9.28. The minimum atomic E-state index is 0.152. The number of aromatic hydroxyl groups is 1. The van der Waals surface area contributed by atoms with E-state index in [1.54, 1.807) is 0 Å². The number of nitrogens with one attached hydrogen (secondary N) is 1. The van der Waals surface area contributed by atoms with E-state index in [9.17, 15) is 5.11 Å². The molecular weight excluding hydrogens is 300 g/mol. The molecule has 0 radical (unpaired) electrons. The second kappa shape index (κ2) is 6.57. The van der Waals surface area contributed by atoms with Crippen LogP contribution in [0.2, 0.25) is 0 Å². The van der Waals surface area contributed by atoms with Crippen LogP contribution in [0.4, 0.5) is 5.69 Å². The molecule has 0 bridgehead atoms. The van der Waals surface area contributed by atoms with Crippen molar-refractivity contribution in [2.24, 2.45) is 0 Å². The van der Waals surface area contributed by atoms with Crippen LogP contribution in [0, 0.1) is 0 Å². The molecule has 5 heteroatoms. The van der Waals surface area contributed by atoms with Gasteiger partial charge in [0.15, 0.2) is 0 Å². The van der Waals surface area contributed by atoms with Crippen LogP contribution in [-0.2, 0) is 6.42 Å². The molecule has 0 amide bonds. The average molecular weight is 326 g/mol. The number of hydrogen-bond acceptors (Lipinski definition) is 5. The zero-order valence-electron chi connectivity index (χ0n) is 14.3. The second-order valence-electron chi connectivity index (χ2n) is 6.93. The Balaban J connectivity index is 1.58. The van der Waals surface area contributed by atoms with Crippen molar-refractivity contribution < 1.29 is 5.11 Å². The van der Waals surface area contributed by atoms with Gasteiger partial charge in [-0.1, -0.05) is 6.07 Å². The van der Waals surface area contributed by atoms with Gasteiger partial charge in [0.1, 0.15) is 0 Å². The topological polar surface area (TPSA) is 51.6 Å². The number of aromatic nitrogens is 1. The molecular formula is C19H26N4O. The van der Waals surface area contributed by atoms with E-state index in [-0.39, 0.29) is 5.88 Å². The normalized spacial score (nSPS) is 19.1. The number of anilines is 1. The van der Waals surface area contributed by atoms with E-state index in [2.05, 4.69) is 26.2 Å². The molecule has 0 unspecified atom stereocenters. The summed E-state index contributed by atoms with van der Waals surface area (Å²) in [5.41, 5.74) is 2.54. The van der Waals surface area contributed by atoms with Crippen LogP contribution in [-0.4, -0.2) is 60.8 Å². The van der Waals surface area contributed by atoms with Crippen LogP contribution in [0.5, 0.6) is 5.88 Å². The molecule has 3 heterocycles. The molecule has 128 valence electrons. The van der Waals surface area contributed by atoms with Gasteiger partial charge in [-0.05, 0) is 44.0 Å². The van der Waals surface area contributed by atoms with Crippen molar-refractivity contribution in [2.45, 2.75) is 25.3 Å². The predicted octanol–water partition coefficient (Wildman–Crippen LogP) is 1.99. The standard InChI is InChI=1S/C19H26N4O/c1-20-8-12-22-9-6-15(7-10-22)23-11-5-14-13-21-19(24)16-3-2-4-17(23)18(14)16/h2-4,13,15,20H,5-12H2,1H3,(H,21,24). The van der Waals surface area contributed by atoms with Gasteiger partial charge in [-0.15, -0.1) is 0 Å². The van der Waals surface area contributed by atoms with Crippen molar-refractivity contribution in [3.8, 4) is 5.88 Å². The Morgan fingerprint density at radius 2 is 2.08 bits per heavy atom. The van der Waals surface area contributed by atoms with E-state index in [4.69, 9.17) is 0 Å². The Labute approximate surface area is 143 Å². The summed E-state index contributed by atoms with van der Waals surface area (Å²) in [5.74, 6) is 0.152. The molecule has 4 rings (SSSR count). The fourth-order valence-electron chi connectivity index (χ4n) is 4.23. The van der Waals surface area contributed by atoms with Gasteiger partial charge >= 0.3 is 0 Å². The van der Waals surface area contributed by atoms with Gasteiger partial charge in [-0.3, -0.25) is 0 Å². The van der Waals surface area contributed by atoms with Crippen LogP contribution < -0.4 is 10.2 Å². The van der Waals surface area contributed by atoms with E-state index >= 15 is 0 Å². The molecule has 1 aromatic carbocycles. The second-order valence-corrected chi connectivity index (χ2v) is 6.93. The lowest BCUT2D eigenvalue weighted by Gasteiger charge is -2.42. The zero-order chi connectivity index (χ0) is 16.5.